The third-order valence-electron chi connectivity index (χ3n) is 5.03. The zero-order valence-corrected chi connectivity index (χ0v) is 11.2. The van der Waals surface area contributed by atoms with Gasteiger partial charge in [0.05, 0.1) is 11.9 Å². The molecule has 0 radical (unpaired) electrons. The van der Waals surface area contributed by atoms with E-state index in [9.17, 15) is 5.11 Å². The van der Waals surface area contributed by atoms with E-state index in [1.807, 2.05) is 35.0 Å². The van der Waals surface area contributed by atoms with E-state index in [0.29, 0.717) is 12.1 Å². The third kappa shape index (κ3) is 1.56. The SMILES string of the molecule is CN1C2CCC1CC(O)(c1cnc3ccccn13)C2. The average molecular weight is 257 g/mol. The molecular formula is C15H19N3O. The highest BCUT2D eigenvalue weighted by molar-refractivity contribution is 5.41. The predicted molar refractivity (Wildman–Crippen MR) is 72.9 cm³/mol. The van der Waals surface area contributed by atoms with Crippen LogP contribution in [0.25, 0.3) is 5.65 Å². The normalized spacial score (nSPS) is 35.1. The largest absolute Gasteiger partial charge is 0.383 e. The number of hydrogen-bond acceptors (Lipinski definition) is 3. The molecule has 2 aliphatic heterocycles. The summed E-state index contributed by atoms with van der Waals surface area (Å²) in [7, 11) is 2.19. The van der Waals surface area contributed by atoms with Crippen LogP contribution < -0.4 is 0 Å². The number of pyridine rings is 1. The molecule has 19 heavy (non-hydrogen) atoms. The van der Waals surface area contributed by atoms with Crippen LogP contribution in [-0.2, 0) is 5.60 Å². The lowest BCUT2D eigenvalue weighted by molar-refractivity contribution is -0.0529. The molecule has 4 rings (SSSR count). The molecular weight excluding hydrogens is 238 g/mol. The van der Waals surface area contributed by atoms with Gasteiger partial charge < -0.3 is 14.4 Å². The first-order valence-corrected chi connectivity index (χ1v) is 7.04. The fourth-order valence-electron chi connectivity index (χ4n) is 3.93. The van der Waals surface area contributed by atoms with Crippen molar-refractivity contribution >= 4 is 5.65 Å². The average Bonchev–Trinajstić information content (AvgIpc) is 2.92. The molecule has 4 heterocycles. The van der Waals surface area contributed by atoms with Gasteiger partial charge in [-0.05, 0) is 44.9 Å². The van der Waals surface area contributed by atoms with Gasteiger partial charge >= 0.3 is 0 Å². The summed E-state index contributed by atoms with van der Waals surface area (Å²) in [5.74, 6) is 0. The number of aromatic nitrogens is 2. The number of aliphatic hydroxyl groups is 1. The minimum absolute atomic E-state index is 0.512. The molecule has 2 aromatic heterocycles. The van der Waals surface area contributed by atoms with Crippen molar-refractivity contribution in [1.82, 2.24) is 14.3 Å². The van der Waals surface area contributed by atoms with E-state index < -0.39 is 5.60 Å². The standard InChI is InChI=1S/C15H19N3O/c1-17-11-5-6-12(17)9-15(19,8-11)13-10-16-14-4-2-3-7-18(13)14/h2-4,7,10-12,19H,5-6,8-9H2,1H3. The molecule has 2 atom stereocenters. The highest BCUT2D eigenvalue weighted by Crippen LogP contribution is 2.44. The van der Waals surface area contributed by atoms with E-state index in [2.05, 4.69) is 16.9 Å². The summed E-state index contributed by atoms with van der Waals surface area (Å²) in [6.45, 7) is 0. The molecule has 2 bridgehead atoms. The highest BCUT2D eigenvalue weighted by atomic mass is 16.3. The van der Waals surface area contributed by atoms with Crippen molar-refractivity contribution in [3.05, 3.63) is 36.3 Å². The Kier molecular flexibility index (Phi) is 2.29. The number of piperidine rings is 1. The van der Waals surface area contributed by atoms with Gasteiger partial charge in [-0.25, -0.2) is 4.98 Å². The molecule has 2 saturated heterocycles. The third-order valence-corrected chi connectivity index (χ3v) is 5.03. The summed E-state index contributed by atoms with van der Waals surface area (Å²) >= 11 is 0. The maximum Gasteiger partial charge on any atom is 0.136 e. The molecule has 0 spiro atoms. The number of imidazole rings is 1. The lowest BCUT2D eigenvalue weighted by Gasteiger charge is -2.41. The smallest absolute Gasteiger partial charge is 0.136 e. The molecule has 0 saturated carbocycles. The number of fused-ring (bicyclic) bond motifs is 3. The quantitative estimate of drug-likeness (QED) is 0.846. The van der Waals surface area contributed by atoms with Crippen LogP contribution in [-0.4, -0.2) is 38.5 Å². The second kappa shape index (κ2) is 3.81. The summed E-state index contributed by atoms with van der Waals surface area (Å²) in [6, 6.07) is 6.98. The zero-order chi connectivity index (χ0) is 13.0. The van der Waals surface area contributed by atoms with Gasteiger partial charge in [0.25, 0.3) is 0 Å². The van der Waals surface area contributed by atoms with Crippen molar-refractivity contribution < 1.29 is 5.11 Å². The van der Waals surface area contributed by atoms with E-state index in [1.165, 1.54) is 12.8 Å². The van der Waals surface area contributed by atoms with E-state index in [4.69, 9.17) is 0 Å². The maximum atomic E-state index is 11.1. The monoisotopic (exact) mass is 257 g/mol. The second-order valence-electron chi connectivity index (χ2n) is 6.06. The van der Waals surface area contributed by atoms with Gasteiger partial charge in [0.2, 0.25) is 0 Å². The van der Waals surface area contributed by atoms with Gasteiger partial charge in [-0.2, -0.15) is 0 Å². The fraction of sp³-hybridized carbons (Fsp3) is 0.533. The molecule has 2 aromatic rings. The Hall–Kier alpha value is -1.39. The predicted octanol–water partition coefficient (Wildman–Crippen LogP) is 1.78. The molecule has 4 nitrogen and oxygen atoms in total. The second-order valence-corrected chi connectivity index (χ2v) is 6.06. The van der Waals surface area contributed by atoms with Crippen molar-refractivity contribution in [2.24, 2.45) is 0 Å². The maximum absolute atomic E-state index is 11.1. The van der Waals surface area contributed by atoms with Gasteiger partial charge in [-0.3, -0.25) is 0 Å². The molecule has 0 aliphatic carbocycles. The highest BCUT2D eigenvalue weighted by Gasteiger charge is 2.47. The minimum Gasteiger partial charge on any atom is -0.383 e. The van der Waals surface area contributed by atoms with Crippen LogP contribution in [0.4, 0.5) is 0 Å². The van der Waals surface area contributed by atoms with Crippen LogP contribution in [0.2, 0.25) is 0 Å². The first-order chi connectivity index (χ1) is 9.17. The number of rotatable bonds is 1. The van der Waals surface area contributed by atoms with Gasteiger partial charge in [0.1, 0.15) is 11.2 Å². The molecule has 4 heteroatoms. The summed E-state index contributed by atoms with van der Waals surface area (Å²) in [4.78, 5) is 6.86. The van der Waals surface area contributed by atoms with Crippen molar-refractivity contribution in [2.45, 2.75) is 43.4 Å². The molecule has 0 amide bonds. The number of hydrogen-bond donors (Lipinski definition) is 1. The Labute approximate surface area is 112 Å². The Bertz CT molecular complexity index is 607. The Morgan fingerprint density at radius 1 is 1.26 bits per heavy atom. The molecule has 1 N–H and O–H groups in total. The van der Waals surface area contributed by atoms with E-state index in [0.717, 1.165) is 24.2 Å². The minimum atomic E-state index is -0.723. The van der Waals surface area contributed by atoms with Crippen LogP contribution in [0, 0.1) is 0 Å². The summed E-state index contributed by atoms with van der Waals surface area (Å²) < 4.78 is 2.03. The lowest BCUT2D eigenvalue weighted by Crippen LogP contribution is -2.48. The van der Waals surface area contributed by atoms with Crippen LogP contribution in [0.1, 0.15) is 31.4 Å². The van der Waals surface area contributed by atoms with Crippen LogP contribution in [0.3, 0.4) is 0 Å². The van der Waals surface area contributed by atoms with Crippen LogP contribution in [0.5, 0.6) is 0 Å². The topological polar surface area (TPSA) is 40.8 Å². The molecule has 2 unspecified atom stereocenters. The Morgan fingerprint density at radius 3 is 2.74 bits per heavy atom. The van der Waals surface area contributed by atoms with E-state index in [-0.39, 0.29) is 0 Å². The first kappa shape index (κ1) is 11.4. The van der Waals surface area contributed by atoms with Gasteiger partial charge in [0, 0.05) is 18.3 Å². The lowest BCUT2D eigenvalue weighted by atomic mass is 9.84. The van der Waals surface area contributed by atoms with Crippen molar-refractivity contribution in [2.75, 3.05) is 7.05 Å². The Balaban J connectivity index is 1.79. The van der Waals surface area contributed by atoms with Gasteiger partial charge in [-0.15, -0.1) is 0 Å². The first-order valence-electron chi connectivity index (χ1n) is 7.04. The van der Waals surface area contributed by atoms with Crippen molar-refractivity contribution in [3.8, 4) is 0 Å². The zero-order valence-electron chi connectivity index (χ0n) is 11.2. The molecule has 2 aliphatic rings. The van der Waals surface area contributed by atoms with Crippen molar-refractivity contribution in [3.63, 3.8) is 0 Å². The van der Waals surface area contributed by atoms with Gasteiger partial charge in [0.15, 0.2) is 0 Å². The summed E-state index contributed by atoms with van der Waals surface area (Å²) in [5, 5.41) is 11.1. The van der Waals surface area contributed by atoms with Crippen LogP contribution in [0.15, 0.2) is 30.6 Å². The van der Waals surface area contributed by atoms with E-state index >= 15 is 0 Å². The molecule has 0 aromatic carbocycles. The Morgan fingerprint density at radius 2 is 2.00 bits per heavy atom. The summed E-state index contributed by atoms with van der Waals surface area (Å²) in [5.41, 5.74) is 1.14. The summed E-state index contributed by atoms with van der Waals surface area (Å²) in [6.07, 6.45) is 7.90. The van der Waals surface area contributed by atoms with Crippen molar-refractivity contribution in [1.29, 1.82) is 0 Å². The number of nitrogens with zero attached hydrogens (tertiary/aromatic N) is 3. The molecule has 2 fully saturated rings. The van der Waals surface area contributed by atoms with E-state index in [1.54, 1.807) is 0 Å². The fourth-order valence-corrected chi connectivity index (χ4v) is 3.93. The molecule has 100 valence electrons. The van der Waals surface area contributed by atoms with Gasteiger partial charge in [-0.1, -0.05) is 6.07 Å². The van der Waals surface area contributed by atoms with Crippen LogP contribution >= 0.6 is 0 Å².